The van der Waals surface area contributed by atoms with Gasteiger partial charge in [-0.05, 0) is 39.0 Å². The van der Waals surface area contributed by atoms with Gasteiger partial charge in [-0.3, -0.25) is 9.59 Å². The number of aliphatic hydroxyl groups excluding tert-OH is 1. The number of carbonyl (C=O) groups excluding carboxylic acids is 1. The molecule has 1 aliphatic carbocycles. The lowest BCUT2D eigenvalue weighted by atomic mass is 9.79. The van der Waals surface area contributed by atoms with Crippen molar-refractivity contribution in [2.24, 2.45) is 23.3 Å². The minimum Gasteiger partial charge on any atom is -0.483 e. The largest absolute Gasteiger partial charge is 0.506 e. The molecule has 1 saturated heterocycles. The highest BCUT2D eigenvalue weighted by Gasteiger charge is 2.58. The summed E-state index contributed by atoms with van der Waals surface area (Å²) >= 11 is 1.71. The molecule has 2 heterocycles. The van der Waals surface area contributed by atoms with Gasteiger partial charge < -0.3 is 36.4 Å². The number of aliphatic hydroxyl groups is 1. The summed E-state index contributed by atoms with van der Waals surface area (Å²) in [6, 6.07) is 0.108. The molecule has 40 heavy (non-hydrogen) atoms. The quantitative estimate of drug-likeness (QED) is 0.140. The number of rotatable bonds is 7. The van der Waals surface area contributed by atoms with E-state index in [0.717, 1.165) is 37.8 Å². The third kappa shape index (κ3) is 14.2. The van der Waals surface area contributed by atoms with E-state index in [4.69, 9.17) is 26.5 Å². The van der Waals surface area contributed by atoms with Gasteiger partial charge >= 0.3 is 6.16 Å². The Morgan fingerprint density at radius 1 is 1.10 bits per heavy atom. The fraction of sp³-hybridized carbons (Fsp3) is 0.828. The summed E-state index contributed by atoms with van der Waals surface area (Å²) in [5.41, 5.74) is 12.6. The van der Waals surface area contributed by atoms with Crippen LogP contribution in [0.15, 0.2) is 10.6 Å². The van der Waals surface area contributed by atoms with Crippen molar-refractivity contribution in [1.82, 2.24) is 4.90 Å². The Morgan fingerprint density at radius 3 is 1.90 bits per heavy atom. The molecule has 3 aliphatic rings. The number of hydrogen-bond acceptors (Lipinski definition) is 8. The number of ether oxygens (including phenoxy) is 1. The molecule has 11 heteroatoms. The van der Waals surface area contributed by atoms with Crippen LogP contribution in [0.2, 0.25) is 0 Å². The highest BCUT2D eigenvalue weighted by Crippen LogP contribution is 2.51. The first-order valence-electron chi connectivity index (χ1n) is 14.9. The molecular weight excluding hydrogens is 534 g/mol. The van der Waals surface area contributed by atoms with Crippen LogP contribution in [-0.4, -0.2) is 75.3 Å². The molecule has 1 saturated carbocycles. The zero-order valence-corrected chi connectivity index (χ0v) is 27.2. The first-order valence-corrected chi connectivity index (χ1v) is 15.8. The van der Waals surface area contributed by atoms with Crippen molar-refractivity contribution >= 4 is 30.3 Å². The SMILES string of the molecule is CC.CC.CCC.CCC1=C(SC(CN)CN)C(C)C2C(C(C)O)C(=O)N12.O=C(O)OC1CCCCC1.O=CO. The summed E-state index contributed by atoms with van der Waals surface area (Å²) in [5.74, 6) is 0.0491. The summed E-state index contributed by atoms with van der Waals surface area (Å²) in [7, 11) is 0. The zero-order valence-electron chi connectivity index (χ0n) is 26.4. The maximum Gasteiger partial charge on any atom is 0.506 e. The van der Waals surface area contributed by atoms with Crippen LogP contribution in [0.25, 0.3) is 0 Å². The van der Waals surface area contributed by atoms with E-state index < -0.39 is 12.3 Å². The van der Waals surface area contributed by atoms with Crippen molar-refractivity contribution in [3.63, 3.8) is 0 Å². The third-order valence-corrected chi connectivity index (χ3v) is 7.76. The molecule has 0 spiro atoms. The molecule has 0 aromatic rings. The van der Waals surface area contributed by atoms with Crippen LogP contribution in [0.1, 0.15) is 107 Å². The van der Waals surface area contributed by atoms with E-state index in [1.807, 2.05) is 32.6 Å². The minimum absolute atomic E-state index is 0.0220. The predicted molar refractivity (Wildman–Crippen MR) is 165 cm³/mol. The lowest BCUT2D eigenvalue weighted by Crippen LogP contribution is -2.63. The van der Waals surface area contributed by atoms with E-state index in [0.29, 0.717) is 13.1 Å². The first-order chi connectivity index (χ1) is 19.1. The van der Waals surface area contributed by atoms with Crippen molar-refractivity contribution in [1.29, 1.82) is 0 Å². The average molecular weight is 594 g/mol. The summed E-state index contributed by atoms with van der Waals surface area (Å²) in [6.07, 6.45) is 5.59. The molecule has 238 valence electrons. The van der Waals surface area contributed by atoms with Gasteiger partial charge in [-0.2, -0.15) is 0 Å². The zero-order chi connectivity index (χ0) is 31.8. The number of nitrogens with two attached hydrogens (primary N) is 2. The molecule has 0 aromatic carbocycles. The van der Waals surface area contributed by atoms with Crippen LogP contribution in [0.4, 0.5) is 4.79 Å². The third-order valence-electron chi connectivity index (χ3n) is 6.18. The van der Waals surface area contributed by atoms with E-state index in [-0.39, 0.29) is 41.6 Å². The molecule has 4 atom stereocenters. The van der Waals surface area contributed by atoms with Gasteiger partial charge in [0.15, 0.2) is 0 Å². The first kappa shape index (κ1) is 42.6. The van der Waals surface area contributed by atoms with Crippen molar-refractivity contribution in [2.45, 2.75) is 131 Å². The van der Waals surface area contributed by atoms with E-state index in [9.17, 15) is 14.7 Å². The van der Waals surface area contributed by atoms with E-state index >= 15 is 0 Å². The van der Waals surface area contributed by atoms with Gasteiger partial charge in [0.05, 0.1) is 18.1 Å². The Labute approximate surface area is 247 Å². The monoisotopic (exact) mass is 593 g/mol. The molecule has 0 bridgehead atoms. The van der Waals surface area contributed by atoms with Crippen LogP contribution < -0.4 is 11.5 Å². The number of nitrogens with zero attached hydrogens (tertiary/aromatic N) is 1. The maximum absolute atomic E-state index is 12.2. The summed E-state index contributed by atoms with van der Waals surface area (Å²) in [5, 5.41) is 25.1. The minimum atomic E-state index is -1.13. The predicted octanol–water partition coefficient (Wildman–Crippen LogP) is 5.67. The Kier molecular flexibility index (Phi) is 27.8. The smallest absolute Gasteiger partial charge is 0.483 e. The number of thioether (sulfide) groups is 1. The van der Waals surface area contributed by atoms with Crippen molar-refractivity contribution in [3.05, 3.63) is 10.6 Å². The number of hydrogen-bond donors (Lipinski definition) is 5. The molecule has 1 amide bonds. The standard InChI is InChI=1S/C14H25N3O2S.C7H12O3.C3H8.2C2H6.CH2O2/c1-4-10-13(20-9(5-15)6-16)7(2)12-11(8(3)18)14(19)17(10)12;8-7(9)10-6-4-2-1-3-5-6;1-3-2;2*1-2;2-1-3/h7-9,11-12,18H,4-6,15-16H2,1-3H3;6H,1-5H2,(H,8,9);3H2,1-2H3;2*1-2H3;1H,(H,2,3). The van der Waals surface area contributed by atoms with Gasteiger partial charge in [0.1, 0.15) is 6.10 Å². The van der Waals surface area contributed by atoms with Crippen LogP contribution in [-0.2, 0) is 14.3 Å². The lowest BCUT2D eigenvalue weighted by Gasteiger charge is -2.47. The molecule has 4 unspecified atom stereocenters. The number of amides is 1. The topological polar surface area (TPSA) is 176 Å². The fourth-order valence-electron chi connectivity index (χ4n) is 4.63. The summed E-state index contributed by atoms with van der Waals surface area (Å²) in [6.45, 7) is 19.0. The second-order valence-corrected chi connectivity index (χ2v) is 10.4. The molecule has 2 fully saturated rings. The Balaban J connectivity index is -0.000000571. The Bertz CT molecular complexity index is 697. The second kappa shape index (κ2) is 26.1. The number of fused-ring (bicyclic) bond motifs is 1. The molecule has 3 rings (SSSR count). The maximum atomic E-state index is 12.2. The normalized spacial score (nSPS) is 21.6. The van der Waals surface area contributed by atoms with Gasteiger partial charge in [0.25, 0.3) is 6.47 Å². The van der Waals surface area contributed by atoms with Crippen LogP contribution in [0.5, 0.6) is 0 Å². The van der Waals surface area contributed by atoms with Crippen molar-refractivity contribution < 1.29 is 34.4 Å². The van der Waals surface area contributed by atoms with Crippen LogP contribution >= 0.6 is 11.8 Å². The highest BCUT2D eigenvalue weighted by atomic mass is 32.2. The summed E-state index contributed by atoms with van der Waals surface area (Å²) < 4.78 is 4.61. The van der Waals surface area contributed by atoms with Crippen LogP contribution in [0.3, 0.4) is 0 Å². The molecule has 2 aliphatic heterocycles. The fourth-order valence-corrected chi connectivity index (χ4v) is 5.91. The highest BCUT2D eigenvalue weighted by molar-refractivity contribution is 8.03. The number of β-lactam (4-membered cyclic amide) rings is 1. The molecular formula is C29H59N3O7S. The second-order valence-electron chi connectivity index (χ2n) is 9.09. The number of allylic oxidation sites excluding steroid dienone is 1. The molecule has 7 N–H and O–H groups in total. The number of carbonyl (C=O) groups is 3. The van der Waals surface area contributed by atoms with E-state index in [1.54, 1.807) is 18.7 Å². The van der Waals surface area contributed by atoms with Crippen molar-refractivity contribution in [2.75, 3.05) is 13.1 Å². The van der Waals surface area contributed by atoms with Gasteiger partial charge in [-0.25, -0.2) is 4.79 Å². The Hall–Kier alpha value is -1.82. The van der Waals surface area contributed by atoms with Crippen molar-refractivity contribution in [3.8, 4) is 0 Å². The Morgan fingerprint density at radius 2 is 1.55 bits per heavy atom. The molecule has 10 nitrogen and oxygen atoms in total. The van der Waals surface area contributed by atoms with E-state index in [1.165, 1.54) is 17.7 Å². The van der Waals surface area contributed by atoms with Crippen LogP contribution in [0, 0.1) is 11.8 Å². The van der Waals surface area contributed by atoms with Gasteiger partial charge in [0, 0.05) is 34.9 Å². The average Bonchev–Trinajstić information content (AvgIpc) is 3.17. The summed E-state index contributed by atoms with van der Waals surface area (Å²) in [4.78, 5) is 33.8. The van der Waals surface area contributed by atoms with Gasteiger partial charge in [0.2, 0.25) is 5.91 Å². The van der Waals surface area contributed by atoms with E-state index in [2.05, 4.69) is 32.4 Å². The van der Waals surface area contributed by atoms with Gasteiger partial charge in [-0.15, -0.1) is 11.8 Å². The lowest BCUT2D eigenvalue weighted by molar-refractivity contribution is -0.159. The molecule has 0 aromatic heterocycles. The molecule has 0 radical (unpaired) electrons. The van der Waals surface area contributed by atoms with Gasteiger partial charge in [-0.1, -0.05) is 68.2 Å². The number of carboxylic acid groups (broad SMARTS) is 2.